The Morgan fingerprint density at radius 2 is 2.24 bits per heavy atom. The zero-order valence-corrected chi connectivity index (χ0v) is 12.9. The van der Waals surface area contributed by atoms with Crippen LogP contribution in [0.5, 0.6) is 0 Å². The summed E-state index contributed by atoms with van der Waals surface area (Å²) in [5.74, 6) is 6.83. The van der Waals surface area contributed by atoms with Gasteiger partial charge in [-0.15, -0.1) is 10.2 Å². The molecule has 0 unspecified atom stereocenters. The number of nitrogens with zero attached hydrogens (tertiary/aromatic N) is 3. The van der Waals surface area contributed by atoms with Crippen LogP contribution in [-0.4, -0.2) is 20.7 Å². The molecule has 8 nitrogen and oxygen atoms in total. The molecule has 114 valence electrons. The van der Waals surface area contributed by atoms with E-state index < -0.39 is 0 Å². The first kappa shape index (κ1) is 15.4. The summed E-state index contributed by atoms with van der Waals surface area (Å²) in [7, 11) is 0. The number of nitrogens with two attached hydrogens (primary N) is 2. The van der Waals surface area contributed by atoms with E-state index in [1.54, 1.807) is 13.0 Å². The van der Waals surface area contributed by atoms with Gasteiger partial charge in [-0.05, 0) is 26.8 Å². The Kier molecular flexibility index (Phi) is 4.53. The van der Waals surface area contributed by atoms with E-state index in [9.17, 15) is 4.79 Å². The third-order valence-electron chi connectivity index (χ3n) is 2.90. The first-order valence-electron chi connectivity index (χ1n) is 6.37. The summed E-state index contributed by atoms with van der Waals surface area (Å²) >= 11 is 1.44. The van der Waals surface area contributed by atoms with Crippen molar-refractivity contribution in [2.75, 3.05) is 5.73 Å². The number of thioether (sulfide) groups is 1. The van der Waals surface area contributed by atoms with Crippen LogP contribution in [0.2, 0.25) is 0 Å². The number of carbonyl (C=O) groups excluding carboxylic acids is 1. The number of nitrogens with one attached hydrogen (secondary N) is 1. The van der Waals surface area contributed by atoms with Crippen molar-refractivity contribution in [3.63, 3.8) is 0 Å². The average Bonchev–Trinajstić information content (AvgIpc) is 2.98. The quantitative estimate of drug-likeness (QED) is 0.328. The van der Waals surface area contributed by atoms with E-state index >= 15 is 0 Å². The number of aromatic nitrogens is 3. The van der Waals surface area contributed by atoms with Crippen molar-refractivity contribution in [1.29, 1.82) is 0 Å². The van der Waals surface area contributed by atoms with Crippen LogP contribution in [0.1, 0.15) is 41.8 Å². The van der Waals surface area contributed by atoms with Gasteiger partial charge in [0, 0.05) is 6.04 Å². The number of rotatable bonds is 5. The number of anilines is 1. The van der Waals surface area contributed by atoms with Crippen LogP contribution in [0, 0.1) is 6.92 Å². The van der Waals surface area contributed by atoms with E-state index in [-0.39, 0.29) is 11.9 Å². The lowest BCUT2D eigenvalue weighted by atomic mass is 10.2. The molecule has 2 aromatic heterocycles. The van der Waals surface area contributed by atoms with Crippen LogP contribution >= 0.6 is 11.8 Å². The summed E-state index contributed by atoms with van der Waals surface area (Å²) in [4.78, 5) is 11.5. The largest absolute Gasteiger partial charge is 0.465 e. The van der Waals surface area contributed by atoms with E-state index in [1.165, 1.54) is 11.8 Å². The molecule has 21 heavy (non-hydrogen) atoms. The van der Waals surface area contributed by atoms with E-state index in [4.69, 9.17) is 16.0 Å². The second kappa shape index (κ2) is 6.19. The molecule has 0 fully saturated rings. The summed E-state index contributed by atoms with van der Waals surface area (Å²) in [6, 6.07) is 1.84. The third kappa shape index (κ3) is 3.19. The van der Waals surface area contributed by atoms with Crippen molar-refractivity contribution in [3.8, 4) is 0 Å². The minimum absolute atomic E-state index is 0.166. The zero-order valence-electron chi connectivity index (χ0n) is 12.1. The molecule has 0 saturated carbocycles. The highest BCUT2D eigenvalue weighted by atomic mass is 32.2. The van der Waals surface area contributed by atoms with Crippen molar-refractivity contribution in [3.05, 3.63) is 23.2 Å². The first-order valence-corrected chi connectivity index (χ1v) is 7.36. The summed E-state index contributed by atoms with van der Waals surface area (Å²) in [6.07, 6.45) is 0. The van der Waals surface area contributed by atoms with Crippen molar-refractivity contribution in [1.82, 2.24) is 20.2 Å². The van der Waals surface area contributed by atoms with Crippen molar-refractivity contribution in [2.45, 2.75) is 37.7 Å². The Balaban J connectivity index is 2.12. The highest BCUT2D eigenvalue weighted by molar-refractivity contribution is 7.98. The maximum absolute atomic E-state index is 11.5. The Hall–Kier alpha value is -2.00. The van der Waals surface area contributed by atoms with E-state index in [0.29, 0.717) is 33.9 Å². The summed E-state index contributed by atoms with van der Waals surface area (Å²) in [5.41, 5.74) is 8.30. The number of hydrazine groups is 1. The van der Waals surface area contributed by atoms with Gasteiger partial charge in [-0.1, -0.05) is 11.8 Å². The number of aryl methyl sites for hydroxylation is 1. The predicted molar refractivity (Wildman–Crippen MR) is 79.5 cm³/mol. The maximum Gasteiger partial charge on any atom is 0.268 e. The monoisotopic (exact) mass is 310 g/mol. The molecule has 5 N–H and O–H groups in total. The number of hydrogen-bond acceptors (Lipinski definition) is 7. The molecule has 0 radical (unpaired) electrons. The average molecular weight is 310 g/mol. The highest BCUT2D eigenvalue weighted by Crippen LogP contribution is 2.27. The van der Waals surface area contributed by atoms with Gasteiger partial charge < -0.3 is 10.2 Å². The fraction of sp³-hybridized carbons (Fsp3) is 0.417. The fourth-order valence-electron chi connectivity index (χ4n) is 1.93. The summed E-state index contributed by atoms with van der Waals surface area (Å²) in [6.45, 7) is 5.72. The molecule has 0 atom stereocenters. The van der Waals surface area contributed by atoms with Gasteiger partial charge in [-0.25, -0.2) is 5.84 Å². The predicted octanol–water partition coefficient (Wildman–Crippen LogP) is 1.24. The summed E-state index contributed by atoms with van der Waals surface area (Å²) in [5, 5.41) is 8.63. The molecule has 0 bridgehead atoms. The van der Waals surface area contributed by atoms with Crippen molar-refractivity contribution in [2.24, 2.45) is 5.84 Å². The second-order valence-electron chi connectivity index (χ2n) is 4.75. The highest BCUT2D eigenvalue weighted by Gasteiger charge is 2.17. The number of carbonyl (C=O) groups is 1. The molecule has 0 spiro atoms. The molecule has 2 rings (SSSR count). The molecule has 0 saturated heterocycles. The van der Waals surface area contributed by atoms with Gasteiger partial charge in [-0.2, -0.15) is 0 Å². The molecule has 2 heterocycles. The number of furan rings is 1. The SMILES string of the molecule is Cc1oc(CSc2nnc(N)n2C(C)C)cc1C(=O)NN. The standard InChI is InChI=1S/C12H18N6O2S/c1-6(2)18-11(13)16-17-12(18)21-5-8-4-9(7(3)20-8)10(19)15-14/h4,6H,5,14H2,1-3H3,(H2,13,16)(H,15,19). The third-order valence-corrected chi connectivity index (χ3v) is 3.86. The lowest BCUT2D eigenvalue weighted by molar-refractivity contribution is 0.0952. The normalized spacial score (nSPS) is 11.1. The van der Waals surface area contributed by atoms with Crippen LogP contribution in [0.3, 0.4) is 0 Å². The van der Waals surface area contributed by atoms with Gasteiger partial charge >= 0.3 is 0 Å². The lowest BCUT2D eigenvalue weighted by Gasteiger charge is -2.10. The fourth-order valence-corrected chi connectivity index (χ4v) is 2.88. The van der Waals surface area contributed by atoms with Crippen LogP contribution < -0.4 is 17.0 Å². The molecule has 2 aromatic rings. The van der Waals surface area contributed by atoms with Crippen molar-refractivity contribution >= 4 is 23.6 Å². The Bertz CT molecular complexity index is 648. The molecule has 9 heteroatoms. The Labute approximate surface area is 126 Å². The number of hydrogen-bond donors (Lipinski definition) is 3. The Morgan fingerprint density at radius 1 is 1.52 bits per heavy atom. The molecule has 0 aliphatic carbocycles. The zero-order chi connectivity index (χ0) is 15.6. The second-order valence-corrected chi connectivity index (χ2v) is 5.69. The van der Waals surface area contributed by atoms with Gasteiger partial charge in [0.05, 0.1) is 11.3 Å². The molecule has 1 amide bonds. The van der Waals surface area contributed by atoms with Gasteiger partial charge in [0.1, 0.15) is 11.5 Å². The lowest BCUT2D eigenvalue weighted by Crippen LogP contribution is -2.30. The topological polar surface area (TPSA) is 125 Å². The smallest absolute Gasteiger partial charge is 0.268 e. The van der Waals surface area contributed by atoms with E-state index in [1.807, 2.05) is 18.4 Å². The maximum atomic E-state index is 11.5. The van der Waals surface area contributed by atoms with Crippen LogP contribution in [0.15, 0.2) is 15.6 Å². The van der Waals surface area contributed by atoms with E-state index in [0.717, 1.165) is 0 Å². The molecular weight excluding hydrogens is 292 g/mol. The number of amides is 1. The van der Waals surface area contributed by atoms with E-state index in [2.05, 4.69) is 15.6 Å². The molecule has 0 aliphatic rings. The van der Waals surface area contributed by atoms with Gasteiger partial charge in [-0.3, -0.25) is 14.8 Å². The minimum atomic E-state index is -0.373. The van der Waals surface area contributed by atoms with Gasteiger partial charge in [0.2, 0.25) is 5.95 Å². The molecule has 0 aromatic carbocycles. The van der Waals surface area contributed by atoms with Gasteiger partial charge in [0.15, 0.2) is 5.16 Å². The van der Waals surface area contributed by atoms with Gasteiger partial charge in [0.25, 0.3) is 5.91 Å². The number of nitrogen functional groups attached to an aromatic ring is 2. The Morgan fingerprint density at radius 3 is 2.86 bits per heavy atom. The minimum Gasteiger partial charge on any atom is -0.465 e. The first-order chi connectivity index (χ1) is 9.93. The van der Waals surface area contributed by atoms with Crippen LogP contribution in [0.25, 0.3) is 0 Å². The molecular formula is C12H18N6O2S. The van der Waals surface area contributed by atoms with Crippen LogP contribution in [-0.2, 0) is 5.75 Å². The molecule has 0 aliphatic heterocycles. The van der Waals surface area contributed by atoms with Crippen molar-refractivity contribution < 1.29 is 9.21 Å². The summed E-state index contributed by atoms with van der Waals surface area (Å²) < 4.78 is 7.38. The van der Waals surface area contributed by atoms with Crippen LogP contribution in [0.4, 0.5) is 5.95 Å².